The molecule has 0 fully saturated rings. The van der Waals surface area contributed by atoms with E-state index in [0.717, 1.165) is 5.39 Å². The van der Waals surface area contributed by atoms with Crippen molar-refractivity contribution < 1.29 is 4.39 Å². The predicted molar refractivity (Wildman–Crippen MR) is 51.5 cm³/mol. The fourth-order valence-electron chi connectivity index (χ4n) is 1.18. The Bertz CT molecular complexity index is 433. The zero-order valence-electron chi connectivity index (χ0n) is 6.40. The smallest absolute Gasteiger partial charge is 0.143 e. The van der Waals surface area contributed by atoms with E-state index in [-0.39, 0.29) is 5.82 Å². The van der Waals surface area contributed by atoms with E-state index < -0.39 is 0 Å². The van der Waals surface area contributed by atoms with Crippen LogP contribution in [0.1, 0.15) is 5.56 Å². The van der Waals surface area contributed by atoms with Crippen molar-refractivity contribution >= 4 is 33.0 Å². The van der Waals surface area contributed by atoms with Crippen molar-refractivity contribution in [2.75, 3.05) is 0 Å². The van der Waals surface area contributed by atoms with E-state index in [2.05, 4.69) is 0 Å². The lowest BCUT2D eigenvalue weighted by atomic mass is 10.2. The van der Waals surface area contributed by atoms with E-state index in [4.69, 9.17) is 11.6 Å². The molecule has 0 nitrogen and oxygen atoms in total. The molecule has 1 heterocycles. The molecule has 0 atom stereocenters. The van der Waals surface area contributed by atoms with Crippen LogP contribution in [-0.2, 0) is 0 Å². The van der Waals surface area contributed by atoms with Crippen LogP contribution in [0.4, 0.5) is 4.39 Å². The summed E-state index contributed by atoms with van der Waals surface area (Å²) < 4.78 is 14.0. The molecule has 0 saturated heterocycles. The molecular formula is C9H6ClFS. The molecule has 12 heavy (non-hydrogen) atoms. The van der Waals surface area contributed by atoms with E-state index >= 15 is 0 Å². The van der Waals surface area contributed by atoms with Crippen molar-refractivity contribution in [3.05, 3.63) is 33.9 Å². The number of hydrogen-bond acceptors (Lipinski definition) is 1. The number of benzene rings is 1. The van der Waals surface area contributed by atoms with Gasteiger partial charge in [-0.2, -0.15) is 0 Å². The fraction of sp³-hybridized carbons (Fsp3) is 0.111. The Balaban J connectivity index is 2.97. The Kier molecular flexibility index (Phi) is 1.81. The summed E-state index contributed by atoms with van der Waals surface area (Å²) in [7, 11) is 0. The van der Waals surface area contributed by atoms with Crippen LogP contribution in [-0.4, -0.2) is 0 Å². The monoisotopic (exact) mass is 200 g/mol. The number of fused-ring (bicyclic) bond motifs is 1. The molecule has 0 N–H and O–H groups in total. The van der Waals surface area contributed by atoms with Crippen LogP contribution < -0.4 is 0 Å². The molecule has 0 radical (unpaired) electrons. The predicted octanol–water partition coefficient (Wildman–Crippen LogP) is 4.00. The van der Waals surface area contributed by atoms with E-state index in [1.807, 2.05) is 11.4 Å². The summed E-state index contributed by atoms with van der Waals surface area (Å²) in [5, 5.41) is 3.29. The zero-order chi connectivity index (χ0) is 8.72. The highest BCUT2D eigenvalue weighted by atomic mass is 35.5. The second-order valence-corrected chi connectivity index (χ2v) is 3.98. The Morgan fingerprint density at radius 1 is 1.50 bits per heavy atom. The first-order valence-corrected chi connectivity index (χ1v) is 4.77. The quantitative estimate of drug-likeness (QED) is 0.603. The summed E-state index contributed by atoms with van der Waals surface area (Å²) >= 11 is 7.30. The number of thiophene rings is 1. The fourth-order valence-corrected chi connectivity index (χ4v) is 2.46. The van der Waals surface area contributed by atoms with Crippen LogP contribution in [0.5, 0.6) is 0 Å². The largest absolute Gasteiger partial charge is 0.205 e. The molecule has 0 aliphatic carbocycles. The van der Waals surface area contributed by atoms with Gasteiger partial charge in [-0.1, -0.05) is 11.6 Å². The summed E-state index contributed by atoms with van der Waals surface area (Å²) in [6.07, 6.45) is 0. The van der Waals surface area contributed by atoms with Gasteiger partial charge in [-0.25, -0.2) is 4.39 Å². The lowest BCUT2D eigenvalue weighted by molar-refractivity contribution is 0.632. The molecular weight excluding hydrogens is 195 g/mol. The van der Waals surface area contributed by atoms with Crippen molar-refractivity contribution in [1.29, 1.82) is 0 Å². The van der Waals surface area contributed by atoms with Gasteiger partial charge in [0.15, 0.2) is 0 Å². The Morgan fingerprint density at radius 2 is 2.25 bits per heavy atom. The first kappa shape index (κ1) is 8.02. The lowest BCUT2D eigenvalue weighted by Crippen LogP contribution is -1.81. The maximum absolute atomic E-state index is 13.4. The Labute approximate surface area is 78.6 Å². The SMILES string of the molecule is Cc1cc(Cl)c2ccsc2c1F. The molecule has 0 unspecified atom stereocenters. The van der Waals surface area contributed by atoms with Crippen LogP contribution >= 0.6 is 22.9 Å². The van der Waals surface area contributed by atoms with Gasteiger partial charge in [0.1, 0.15) is 5.82 Å². The highest BCUT2D eigenvalue weighted by Crippen LogP contribution is 2.31. The standard InChI is InChI=1S/C9H6ClFS/c1-5-4-7(10)6-2-3-12-9(6)8(5)11/h2-4H,1H3. The lowest BCUT2D eigenvalue weighted by Gasteiger charge is -1.99. The van der Waals surface area contributed by atoms with Crippen molar-refractivity contribution in [3.63, 3.8) is 0 Å². The minimum absolute atomic E-state index is 0.149. The van der Waals surface area contributed by atoms with Gasteiger partial charge in [0.05, 0.1) is 4.70 Å². The minimum Gasteiger partial charge on any atom is -0.205 e. The van der Waals surface area contributed by atoms with Gasteiger partial charge in [0, 0.05) is 10.4 Å². The molecule has 0 spiro atoms. The summed E-state index contributed by atoms with van der Waals surface area (Å²) in [5.41, 5.74) is 0.606. The van der Waals surface area contributed by atoms with Crippen LogP contribution in [0.2, 0.25) is 5.02 Å². The molecule has 1 aromatic carbocycles. The van der Waals surface area contributed by atoms with Crippen molar-refractivity contribution in [1.82, 2.24) is 0 Å². The molecule has 62 valence electrons. The highest BCUT2D eigenvalue weighted by molar-refractivity contribution is 7.17. The van der Waals surface area contributed by atoms with Crippen LogP contribution in [0.3, 0.4) is 0 Å². The summed E-state index contributed by atoms with van der Waals surface area (Å²) in [4.78, 5) is 0. The van der Waals surface area contributed by atoms with Gasteiger partial charge in [0.2, 0.25) is 0 Å². The summed E-state index contributed by atoms with van der Waals surface area (Å²) in [6, 6.07) is 3.50. The van der Waals surface area contributed by atoms with E-state index in [1.54, 1.807) is 13.0 Å². The van der Waals surface area contributed by atoms with Crippen LogP contribution in [0.25, 0.3) is 10.1 Å². The second-order valence-electron chi connectivity index (χ2n) is 2.65. The molecule has 2 rings (SSSR count). The topological polar surface area (TPSA) is 0 Å². The van der Waals surface area contributed by atoms with Gasteiger partial charge in [0.25, 0.3) is 0 Å². The number of aryl methyl sites for hydroxylation is 1. The van der Waals surface area contributed by atoms with Gasteiger partial charge in [-0.3, -0.25) is 0 Å². The minimum atomic E-state index is -0.149. The average molecular weight is 201 g/mol. The maximum atomic E-state index is 13.4. The Hall–Kier alpha value is -0.600. The van der Waals surface area contributed by atoms with E-state index in [0.29, 0.717) is 15.3 Å². The normalized spacial score (nSPS) is 10.9. The van der Waals surface area contributed by atoms with E-state index in [9.17, 15) is 4.39 Å². The molecule has 0 bridgehead atoms. The third kappa shape index (κ3) is 1.03. The average Bonchev–Trinajstić information content (AvgIpc) is 2.48. The van der Waals surface area contributed by atoms with Crippen molar-refractivity contribution in [3.8, 4) is 0 Å². The van der Waals surface area contributed by atoms with Gasteiger partial charge in [-0.15, -0.1) is 11.3 Å². The van der Waals surface area contributed by atoms with Gasteiger partial charge in [-0.05, 0) is 30.0 Å². The zero-order valence-corrected chi connectivity index (χ0v) is 7.97. The second kappa shape index (κ2) is 2.71. The maximum Gasteiger partial charge on any atom is 0.143 e. The summed E-state index contributed by atoms with van der Waals surface area (Å²) in [6.45, 7) is 1.72. The molecule has 1 aromatic heterocycles. The first-order valence-electron chi connectivity index (χ1n) is 3.52. The van der Waals surface area contributed by atoms with Crippen molar-refractivity contribution in [2.24, 2.45) is 0 Å². The van der Waals surface area contributed by atoms with Gasteiger partial charge < -0.3 is 0 Å². The third-order valence-electron chi connectivity index (χ3n) is 1.81. The molecule has 0 aliphatic heterocycles. The molecule has 0 saturated carbocycles. The molecule has 0 aliphatic rings. The van der Waals surface area contributed by atoms with Crippen LogP contribution in [0.15, 0.2) is 17.5 Å². The summed E-state index contributed by atoms with van der Waals surface area (Å²) in [5.74, 6) is -0.149. The van der Waals surface area contributed by atoms with E-state index in [1.165, 1.54) is 11.3 Å². The van der Waals surface area contributed by atoms with Crippen LogP contribution in [0, 0.1) is 12.7 Å². The molecule has 0 amide bonds. The highest BCUT2D eigenvalue weighted by Gasteiger charge is 2.08. The molecule has 2 aromatic rings. The first-order chi connectivity index (χ1) is 5.70. The van der Waals surface area contributed by atoms with Crippen molar-refractivity contribution in [2.45, 2.75) is 6.92 Å². The Morgan fingerprint density at radius 3 is 3.00 bits per heavy atom. The number of halogens is 2. The molecule has 3 heteroatoms. The van der Waals surface area contributed by atoms with Gasteiger partial charge >= 0.3 is 0 Å². The number of rotatable bonds is 0. The number of hydrogen-bond donors (Lipinski definition) is 0. The third-order valence-corrected chi connectivity index (χ3v) is 3.03.